The minimum atomic E-state index is -0.589. The van der Waals surface area contributed by atoms with E-state index in [1.807, 2.05) is 38.1 Å². The van der Waals surface area contributed by atoms with Gasteiger partial charge in [0.2, 0.25) is 0 Å². The summed E-state index contributed by atoms with van der Waals surface area (Å²) in [4.78, 5) is 14.0. The summed E-state index contributed by atoms with van der Waals surface area (Å²) in [6.07, 6.45) is -0.589. The molecule has 19 heavy (non-hydrogen) atoms. The number of nitrogens with one attached hydrogen (secondary N) is 1. The Morgan fingerprint density at radius 1 is 1.47 bits per heavy atom. The van der Waals surface area contributed by atoms with Gasteiger partial charge in [-0.15, -0.1) is 0 Å². The maximum Gasteiger partial charge on any atom is 0.255 e. The number of aliphatic hydroxyl groups is 1. The molecule has 1 amide bonds. The second-order valence-corrected chi connectivity index (χ2v) is 4.78. The molecular weight excluding hydrogens is 244 g/mol. The molecule has 0 radical (unpaired) electrons. The number of likely N-dealkylation sites (N-methyl/N-ethyl adjacent to an activating group) is 1. The van der Waals surface area contributed by atoms with Gasteiger partial charge in [-0.25, -0.2) is 0 Å². The number of amides is 1. The average molecular weight is 266 g/mol. The summed E-state index contributed by atoms with van der Waals surface area (Å²) in [6.45, 7) is 2.58. The van der Waals surface area contributed by atoms with Crippen molar-refractivity contribution >= 4 is 5.91 Å². The number of hydrogen-bond donors (Lipinski definition) is 2. The third kappa shape index (κ3) is 4.54. The van der Waals surface area contributed by atoms with Crippen LogP contribution >= 0.6 is 0 Å². The SMILES string of the molecule is COc1cccc(C)c1C(=O)NCC(O)CN(C)C. The van der Waals surface area contributed by atoms with E-state index in [4.69, 9.17) is 4.74 Å². The van der Waals surface area contributed by atoms with E-state index >= 15 is 0 Å². The monoisotopic (exact) mass is 266 g/mol. The van der Waals surface area contributed by atoms with E-state index < -0.39 is 6.10 Å². The van der Waals surface area contributed by atoms with Crippen molar-refractivity contribution in [2.75, 3.05) is 34.3 Å². The Labute approximate surface area is 114 Å². The molecule has 0 heterocycles. The number of rotatable bonds is 6. The van der Waals surface area contributed by atoms with E-state index in [1.54, 1.807) is 6.07 Å². The lowest BCUT2D eigenvalue weighted by Gasteiger charge is -2.17. The first-order chi connectivity index (χ1) is 8.95. The third-order valence-electron chi connectivity index (χ3n) is 2.76. The van der Waals surface area contributed by atoms with Gasteiger partial charge in [-0.05, 0) is 32.6 Å². The van der Waals surface area contributed by atoms with Gasteiger partial charge in [-0.1, -0.05) is 12.1 Å². The quantitative estimate of drug-likeness (QED) is 0.794. The maximum atomic E-state index is 12.1. The van der Waals surface area contributed by atoms with Crippen molar-refractivity contribution in [1.29, 1.82) is 0 Å². The molecular formula is C14H22N2O3. The molecule has 5 heteroatoms. The molecule has 0 saturated carbocycles. The van der Waals surface area contributed by atoms with Crippen LogP contribution in [0.5, 0.6) is 5.75 Å². The van der Waals surface area contributed by atoms with Crippen LogP contribution in [0, 0.1) is 6.92 Å². The normalized spacial score (nSPS) is 12.3. The summed E-state index contributed by atoms with van der Waals surface area (Å²) in [7, 11) is 5.28. The van der Waals surface area contributed by atoms with Crippen LogP contribution in [0.1, 0.15) is 15.9 Å². The number of carbonyl (C=O) groups excluding carboxylic acids is 1. The Morgan fingerprint density at radius 2 is 2.16 bits per heavy atom. The van der Waals surface area contributed by atoms with E-state index in [0.717, 1.165) is 5.56 Å². The summed E-state index contributed by atoms with van der Waals surface area (Å²) < 4.78 is 5.19. The molecule has 0 aromatic heterocycles. The molecule has 1 rings (SSSR count). The molecule has 0 aliphatic heterocycles. The van der Waals surface area contributed by atoms with Crippen molar-refractivity contribution in [2.45, 2.75) is 13.0 Å². The van der Waals surface area contributed by atoms with Crippen LogP contribution in [0.4, 0.5) is 0 Å². The number of aliphatic hydroxyl groups excluding tert-OH is 1. The Hall–Kier alpha value is -1.59. The van der Waals surface area contributed by atoms with Crippen molar-refractivity contribution in [3.63, 3.8) is 0 Å². The second kappa shape index (κ2) is 7.11. The van der Waals surface area contributed by atoms with Gasteiger partial charge in [0.1, 0.15) is 5.75 Å². The van der Waals surface area contributed by atoms with Crippen LogP contribution < -0.4 is 10.1 Å². The molecule has 0 fully saturated rings. The molecule has 5 nitrogen and oxygen atoms in total. The maximum absolute atomic E-state index is 12.1. The zero-order valence-corrected chi connectivity index (χ0v) is 11.9. The van der Waals surface area contributed by atoms with Gasteiger partial charge >= 0.3 is 0 Å². The first kappa shape index (κ1) is 15.5. The Balaban J connectivity index is 2.68. The minimum Gasteiger partial charge on any atom is -0.496 e. The highest BCUT2D eigenvalue weighted by atomic mass is 16.5. The van der Waals surface area contributed by atoms with E-state index in [9.17, 15) is 9.90 Å². The van der Waals surface area contributed by atoms with Gasteiger partial charge in [0.15, 0.2) is 0 Å². The lowest BCUT2D eigenvalue weighted by atomic mass is 10.1. The first-order valence-corrected chi connectivity index (χ1v) is 6.20. The number of methoxy groups -OCH3 is 1. The molecule has 1 aromatic rings. The van der Waals surface area contributed by atoms with Crippen molar-refractivity contribution < 1.29 is 14.6 Å². The van der Waals surface area contributed by atoms with Gasteiger partial charge in [-0.3, -0.25) is 4.79 Å². The van der Waals surface area contributed by atoms with Gasteiger partial charge in [-0.2, -0.15) is 0 Å². The van der Waals surface area contributed by atoms with Crippen LogP contribution in [0.25, 0.3) is 0 Å². The zero-order chi connectivity index (χ0) is 14.4. The molecule has 0 aliphatic carbocycles. The highest BCUT2D eigenvalue weighted by Gasteiger charge is 2.16. The lowest BCUT2D eigenvalue weighted by molar-refractivity contribution is 0.0889. The Kier molecular flexibility index (Phi) is 5.79. The van der Waals surface area contributed by atoms with Crippen LogP contribution in [0.2, 0.25) is 0 Å². The van der Waals surface area contributed by atoms with Crippen LogP contribution in [0.15, 0.2) is 18.2 Å². The van der Waals surface area contributed by atoms with Gasteiger partial charge in [0.05, 0.1) is 18.8 Å². The fourth-order valence-corrected chi connectivity index (χ4v) is 1.89. The predicted octanol–water partition coefficient (Wildman–Crippen LogP) is 0.656. The molecule has 0 aliphatic rings. The van der Waals surface area contributed by atoms with Crippen LogP contribution in [0.3, 0.4) is 0 Å². The molecule has 0 spiro atoms. The smallest absolute Gasteiger partial charge is 0.255 e. The van der Waals surface area contributed by atoms with E-state index in [1.165, 1.54) is 7.11 Å². The van der Waals surface area contributed by atoms with E-state index in [-0.39, 0.29) is 12.5 Å². The van der Waals surface area contributed by atoms with Gasteiger partial charge < -0.3 is 20.1 Å². The lowest BCUT2D eigenvalue weighted by Crippen LogP contribution is -2.38. The standard InChI is InChI=1S/C14H22N2O3/c1-10-6-5-7-12(19-4)13(10)14(18)15-8-11(17)9-16(2)3/h5-7,11,17H,8-9H2,1-4H3,(H,15,18). The number of aryl methyl sites for hydroxylation is 1. The number of benzene rings is 1. The fraction of sp³-hybridized carbons (Fsp3) is 0.500. The van der Waals surface area contributed by atoms with E-state index in [0.29, 0.717) is 17.9 Å². The summed E-state index contributed by atoms with van der Waals surface area (Å²) in [5, 5.41) is 12.4. The summed E-state index contributed by atoms with van der Waals surface area (Å²) >= 11 is 0. The van der Waals surface area contributed by atoms with Crippen molar-refractivity contribution in [1.82, 2.24) is 10.2 Å². The minimum absolute atomic E-state index is 0.217. The molecule has 2 N–H and O–H groups in total. The van der Waals surface area contributed by atoms with Gasteiger partial charge in [0, 0.05) is 13.1 Å². The summed E-state index contributed by atoms with van der Waals surface area (Å²) in [5.74, 6) is 0.312. The second-order valence-electron chi connectivity index (χ2n) is 4.78. The van der Waals surface area contributed by atoms with Crippen molar-refractivity contribution in [3.8, 4) is 5.75 Å². The largest absolute Gasteiger partial charge is 0.496 e. The van der Waals surface area contributed by atoms with Crippen molar-refractivity contribution in [3.05, 3.63) is 29.3 Å². The number of carbonyl (C=O) groups is 1. The average Bonchev–Trinajstić information content (AvgIpc) is 2.34. The van der Waals surface area contributed by atoms with Crippen LogP contribution in [-0.2, 0) is 0 Å². The predicted molar refractivity (Wildman–Crippen MR) is 74.6 cm³/mol. The molecule has 1 atom stereocenters. The molecule has 1 aromatic carbocycles. The summed E-state index contributed by atoms with van der Waals surface area (Å²) in [5.41, 5.74) is 1.36. The zero-order valence-electron chi connectivity index (χ0n) is 11.9. The summed E-state index contributed by atoms with van der Waals surface area (Å²) in [6, 6.07) is 5.44. The fourth-order valence-electron chi connectivity index (χ4n) is 1.89. The highest BCUT2D eigenvalue weighted by Crippen LogP contribution is 2.21. The number of nitrogens with zero attached hydrogens (tertiary/aromatic N) is 1. The van der Waals surface area contributed by atoms with Crippen LogP contribution in [-0.4, -0.2) is 56.3 Å². The third-order valence-corrected chi connectivity index (χ3v) is 2.76. The Bertz CT molecular complexity index is 433. The molecule has 106 valence electrons. The molecule has 1 unspecified atom stereocenters. The van der Waals surface area contributed by atoms with E-state index in [2.05, 4.69) is 5.32 Å². The topological polar surface area (TPSA) is 61.8 Å². The number of hydrogen-bond acceptors (Lipinski definition) is 4. The first-order valence-electron chi connectivity index (χ1n) is 6.20. The van der Waals surface area contributed by atoms with Crippen molar-refractivity contribution in [2.24, 2.45) is 0 Å². The van der Waals surface area contributed by atoms with Gasteiger partial charge in [0.25, 0.3) is 5.91 Å². The Morgan fingerprint density at radius 3 is 2.74 bits per heavy atom. The molecule has 0 saturated heterocycles. The highest BCUT2D eigenvalue weighted by molar-refractivity contribution is 5.98. The number of ether oxygens (including phenoxy) is 1. The molecule has 0 bridgehead atoms.